The van der Waals surface area contributed by atoms with Crippen LogP contribution >= 0.6 is 0 Å². The van der Waals surface area contributed by atoms with E-state index in [2.05, 4.69) is 9.97 Å². The van der Waals surface area contributed by atoms with E-state index in [0.717, 1.165) is 5.69 Å². The van der Waals surface area contributed by atoms with Crippen LogP contribution in [0.5, 0.6) is 5.88 Å². The predicted octanol–water partition coefficient (Wildman–Crippen LogP) is 0.951. The van der Waals surface area contributed by atoms with Gasteiger partial charge in [-0.25, -0.2) is 4.98 Å². The van der Waals surface area contributed by atoms with Crippen LogP contribution in [-0.2, 0) is 4.79 Å². The fourth-order valence-electron chi connectivity index (χ4n) is 2.22. The van der Waals surface area contributed by atoms with Crippen molar-refractivity contribution in [2.24, 2.45) is 11.8 Å². The Labute approximate surface area is 106 Å². The lowest BCUT2D eigenvalue weighted by Gasteiger charge is -2.16. The summed E-state index contributed by atoms with van der Waals surface area (Å²) in [5.74, 6) is 0.0220. The molecule has 1 fully saturated rings. The van der Waals surface area contributed by atoms with Gasteiger partial charge in [0.25, 0.3) is 0 Å². The largest absolute Gasteiger partial charge is 0.481 e. The van der Waals surface area contributed by atoms with Crippen molar-refractivity contribution in [3.63, 3.8) is 0 Å². The number of methoxy groups -OCH3 is 1. The fourth-order valence-corrected chi connectivity index (χ4v) is 2.22. The Morgan fingerprint density at radius 2 is 2.22 bits per heavy atom. The van der Waals surface area contributed by atoms with Crippen LogP contribution in [0, 0.1) is 18.8 Å². The molecule has 1 saturated heterocycles. The highest BCUT2D eigenvalue weighted by Crippen LogP contribution is 2.27. The van der Waals surface area contributed by atoms with Crippen LogP contribution < -0.4 is 9.64 Å². The minimum Gasteiger partial charge on any atom is -0.481 e. The number of carbonyl (C=O) groups is 1. The number of carboxylic acids is 1. The molecular weight excluding hydrogens is 234 g/mol. The van der Waals surface area contributed by atoms with Crippen LogP contribution in [0.25, 0.3) is 0 Å². The molecule has 2 heterocycles. The zero-order chi connectivity index (χ0) is 13.3. The second-order valence-electron chi connectivity index (χ2n) is 4.68. The van der Waals surface area contributed by atoms with Crippen molar-refractivity contribution in [2.75, 3.05) is 25.1 Å². The number of hydrogen-bond acceptors (Lipinski definition) is 5. The number of rotatable bonds is 3. The van der Waals surface area contributed by atoms with Gasteiger partial charge < -0.3 is 14.7 Å². The van der Waals surface area contributed by atoms with Crippen LogP contribution in [0.4, 0.5) is 5.95 Å². The lowest BCUT2D eigenvalue weighted by molar-refractivity contribution is -0.142. The lowest BCUT2D eigenvalue weighted by Crippen LogP contribution is -2.24. The Hall–Kier alpha value is -1.85. The van der Waals surface area contributed by atoms with Crippen molar-refractivity contribution >= 4 is 11.9 Å². The van der Waals surface area contributed by atoms with Gasteiger partial charge in [0, 0.05) is 24.8 Å². The molecule has 0 spiro atoms. The first-order valence-electron chi connectivity index (χ1n) is 5.88. The molecule has 1 aliphatic heterocycles. The number of carboxylic acid groups (broad SMARTS) is 1. The molecule has 0 saturated carbocycles. The van der Waals surface area contributed by atoms with Crippen LogP contribution in [0.3, 0.4) is 0 Å². The molecule has 2 atom stereocenters. The first-order valence-corrected chi connectivity index (χ1v) is 5.88. The summed E-state index contributed by atoms with van der Waals surface area (Å²) in [7, 11) is 1.55. The Kier molecular flexibility index (Phi) is 3.36. The standard InChI is InChI=1S/C12H17N3O3/c1-7-5-15(6-9(7)11(16)17)12-13-8(2)4-10(14-12)18-3/h4,7,9H,5-6H2,1-3H3,(H,16,17)/t7-,9-/m1/s1. The summed E-state index contributed by atoms with van der Waals surface area (Å²) in [6.07, 6.45) is 0. The van der Waals surface area contributed by atoms with Gasteiger partial charge >= 0.3 is 5.97 Å². The maximum atomic E-state index is 11.1. The molecule has 2 rings (SSSR count). The maximum Gasteiger partial charge on any atom is 0.308 e. The van der Waals surface area contributed by atoms with E-state index in [1.807, 2.05) is 18.7 Å². The zero-order valence-corrected chi connectivity index (χ0v) is 10.8. The minimum atomic E-state index is -0.760. The fraction of sp³-hybridized carbons (Fsp3) is 0.583. The molecule has 1 aromatic rings. The van der Waals surface area contributed by atoms with E-state index in [1.165, 1.54) is 0 Å². The van der Waals surface area contributed by atoms with Gasteiger partial charge in [-0.2, -0.15) is 4.98 Å². The van der Waals surface area contributed by atoms with Crippen molar-refractivity contribution in [3.05, 3.63) is 11.8 Å². The van der Waals surface area contributed by atoms with E-state index in [4.69, 9.17) is 9.84 Å². The topological polar surface area (TPSA) is 75.5 Å². The van der Waals surface area contributed by atoms with Gasteiger partial charge in [0.15, 0.2) is 0 Å². The molecule has 1 aromatic heterocycles. The van der Waals surface area contributed by atoms with Gasteiger partial charge in [-0.1, -0.05) is 6.92 Å². The van der Waals surface area contributed by atoms with Crippen LogP contribution in [0.2, 0.25) is 0 Å². The molecule has 0 amide bonds. The second-order valence-corrected chi connectivity index (χ2v) is 4.68. The van der Waals surface area contributed by atoms with E-state index >= 15 is 0 Å². The zero-order valence-electron chi connectivity index (χ0n) is 10.8. The van der Waals surface area contributed by atoms with Crippen molar-refractivity contribution in [1.82, 2.24) is 9.97 Å². The molecule has 98 valence electrons. The van der Waals surface area contributed by atoms with E-state index in [0.29, 0.717) is 24.9 Å². The highest BCUT2D eigenvalue weighted by atomic mass is 16.5. The van der Waals surface area contributed by atoms with E-state index < -0.39 is 5.97 Å². The third-order valence-electron chi connectivity index (χ3n) is 3.24. The van der Waals surface area contributed by atoms with Crippen molar-refractivity contribution in [1.29, 1.82) is 0 Å². The molecule has 0 unspecified atom stereocenters. The van der Waals surface area contributed by atoms with Gasteiger partial charge in [0.1, 0.15) is 0 Å². The lowest BCUT2D eigenvalue weighted by atomic mass is 9.99. The molecule has 0 radical (unpaired) electrons. The summed E-state index contributed by atoms with van der Waals surface area (Å²) in [5.41, 5.74) is 0.809. The SMILES string of the molecule is COc1cc(C)nc(N2C[C@@H](C)[C@H](C(=O)O)C2)n1. The van der Waals surface area contributed by atoms with Crippen LogP contribution in [0.15, 0.2) is 6.07 Å². The summed E-state index contributed by atoms with van der Waals surface area (Å²) in [4.78, 5) is 21.6. The monoisotopic (exact) mass is 251 g/mol. The average Bonchev–Trinajstić information content (AvgIpc) is 2.70. The molecule has 18 heavy (non-hydrogen) atoms. The van der Waals surface area contributed by atoms with Gasteiger partial charge in [-0.05, 0) is 12.8 Å². The Morgan fingerprint density at radius 3 is 2.78 bits per heavy atom. The first kappa shape index (κ1) is 12.6. The van der Waals surface area contributed by atoms with Gasteiger partial charge in [-0.3, -0.25) is 4.79 Å². The second kappa shape index (κ2) is 4.80. The maximum absolute atomic E-state index is 11.1. The van der Waals surface area contributed by atoms with Gasteiger partial charge in [0.05, 0.1) is 13.0 Å². The van der Waals surface area contributed by atoms with Crippen LogP contribution in [0.1, 0.15) is 12.6 Å². The summed E-state index contributed by atoms with van der Waals surface area (Å²) < 4.78 is 5.10. The number of ether oxygens (including phenoxy) is 1. The number of aromatic nitrogens is 2. The summed E-state index contributed by atoms with van der Waals surface area (Å²) in [6, 6.07) is 1.75. The first-order chi connectivity index (χ1) is 8.51. The molecular formula is C12H17N3O3. The van der Waals surface area contributed by atoms with E-state index in [1.54, 1.807) is 13.2 Å². The smallest absolute Gasteiger partial charge is 0.308 e. The van der Waals surface area contributed by atoms with E-state index in [-0.39, 0.29) is 11.8 Å². The quantitative estimate of drug-likeness (QED) is 0.862. The van der Waals surface area contributed by atoms with Gasteiger partial charge in [-0.15, -0.1) is 0 Å². The van der Waals surface area contributed by atoms with Crippen molar-refractivity contribution in [2.45, 2.75) is 13.8 Å². The van der Waals surface area contributed by atoms with Gasteiger partial charge in [0.2, 0.25) is 11.8 Å². The minimum absolute atomic E-state index is 0.0950. The molecule has 0 bridgehead atoms. The molecule has 1 aliphatic rings. The molecule has 1 N–H and O–H groups in total. The highest BCUT2D eigenvalue weighted by Gasteiger charge is 2.36. The number of anilines is 1. The Bertz CT molecular complexity index is 464. The summed E-state index contributed by atoms with van der Waals surface area (Å²) >= 11 is 0. The summed E-state index contributed by atoms with van der Waals surface area (Å²) in [6.45, 7) is 4.90. The van der Waals surface area contributed by atoms with E-state index in [9.17, 15) is 4.79 Å². The summed E-state index contributed by atoms with van der Waals surface area (Å²) in [5, 5.41) is 9.11. The molecule has 0 aromatic carbocycles. The molecule has 6 heteroatoms. The number of aryl methyl sites for hydroxylation is 1. The Morgan fingerprint density at radius 1 is 1.50 bits per heavy atom. The Balaban J connectivity index is 2.23. The number of nitrogens with zero attached hydrogens (tertiary/aromatic N) is 3. The number of aliphatic carboxylic acids is 1. The van der Waals surface area contributed by atoms with Crippen LogP contribution in [-0.4, -0.2) is 41.2 Å². The molecule has 6 nitrogen and oxygen atoms in total. The van der Waals surface area contributed by atoms with Crippen molar-refractivity contribution in [3.8, 4) is 5.88 Å². The number of hydrogen-bond donors (Lipinski definition) is 1. The normalized spacial score (nSPS) is 23.2. The third kappa shape index (κ3) is 2.37. The third-order valence-corrected chi connectivity index (χ3v) is 3.24. The average molecular weight is 251 g/mol. The van der Waals surface area contributed by atoms with Crippen molar-refractivity contribution < 1.29 is 14.6 Å². The molecule has 0 aliphatic carbocycles. The highest BCUT2D eigenvalue weighted by molar-refractivity contribution is 5.72. The predicted molar refractivity (Wildman–Crippen MR) is 65.8 cm³/mol.